The van der Waals surface area contributed by atoms with E-state index in [0.717, 1.165) is 11.8 Å². The molecule has 0 radical (unpaired) electrons. The van der Waals surface area contributed by atoms with Gasteiger partial charge in [0.2, 0.25) is 0 Å². The Morgan fingerprint density at radius 3 is 2.60 bits per heavy atom. The Morgan fingerprint density at radius 1 is 1.33 bits per heavy atom. The van der Waals surface area contributed by atoms with E-state index in [0.29, 0.717) is 10.8 Å². The lowest BCUT2D eigenvalue weighted by Crippen LogP contribution is -2.13. The first-order valence-corrected chi connectivity index (χ1v) is 6.27. The van der Waals surface area contributed by atoms with Gasteiger partial charge in [-0.1, -0.05) is 31.6 Å². The van der Waals surface area contributed by atoms with Crippen LogP contribution < -0.4 is 0 Å². The summed E-state index contributed by atoms with van der Waals surface area (Å²) < 4.78 is 0. The number of hydrogen-bond donors (Lipinski definition) is 0. The normalized spacial score (nSPS) is 45.3. The summed E-state index contributed by atoms with van der Waals surface area (Å²) in [4.78, 5) is 0. The van der Waals surface area contributed by atoms with Crippen LogP contribution in [0.2, 0.25) is 0 Å². The Labute approximate surface area is 93.5 Å². The summed E-state index contributed by atoms with van der Waals surface area (Å²) in [6.07, 6.45) is 4.20. The van der Waals surface area contributed by atoms with Crippen LogP contribution in [0.4, 0.5) is 0 Å². The topological polar surface area (TPSA) is 0 Å². The largest absolute Gasteiger partial charge is 0.0958 e. The van der Waals surface area contributed by atoms with Gasteiger partial charge < -0.3 is 0 Å². The quantitative estimate of drug-likeness (QED) is 0.593. The highest BCUT2D eigenvalue weighted by Gasteiger charge is 2.75. The first kappa shape index (κ1) is 9.69. The average molecular weight is 202 g/mol. The van der Waals surface area contributed by atoms with Crippen molar-refractivity contribution in [2.75, 3.05) is 0 Å². The fraction of sp³-hybridized carbons (Fsp3) is 0.733. The zero-order chi connectivity index (χ0) is 11.0. The molecule has 0 heteroatoms. The highest BCUT2D eigenvalue weighted by atomic mass is 14.8. The monoisotopic (exact) mass is 202 g/mol. The van der Waals surface area contributed by atoms with Gasteiger partial charge in [-0.15, -0.1) is 0 Å². The maximum atomic E-state index is 4.21. The van der Waals surface area contributed by atoms with E-state index in [4.69, 9.17) is 0 Å². The maximum Gasteiger partial charge on any atom is 0.00259 e. The second kappa shape index (κ2) is 2.42. The van der Waals surface area contributed by atoms with Gasteiger partial charge in [-0.05, 0) is 55.9 Å². The van der Waals surface area contributed by atoms with E-state index in [1.807, 2.05) is 0 Å². The van der Waals surface area contributed by atoms with Crippen LogP contribution in [0.25, 0.3) is 0 Å². The molecule has 0 aromatic rings. The van der Waals surface area contributed by atoms with Crippen LogP contribution in [0, 0.1) is 22.7 Å². The molecule has 0 N–H and O–H groups in total. The molecular weight excluding hydrogens is 180 g/mol. The predicted octanol–water partition coefficient (Wildman–Crippen LogP) is 4.34. The van der Waals surface area contributed by atoms with Crippen molar-refractivity contribution in [3.8, 4) is 0 Å². The van der Waals surface area contributed by atoms with Crippen LogP contribution in [0.3, 0.4) is 0 Å². The fourth-order valence-corrected chi connectivity index (χ4v) is 5.14. The Balaban J connectivity index is 2.06. The summed E-state index contributed by atoms with van der Waals surface area (Å²) in [5.41, 5.74) is 5.84. The minimum Gasteiger partial charge on any atom is -0.0958 e. The van der Waals surface area contributed by atoms with Gasteiger partial charge in [0.05, 0.1) is 0 Å². The second-order valence-electron chi connectivity index (χ2n) is 6.75. The molecule has 0 heterocycles. The molecule has 15 heavy (non-hydrogen) atoms. The third-order valence-electron chi connectivity index (χ3n) is 5.38. The summed E-state index contributed by atoms with van der Waals surface area (Å²) in [6, 6.07) is 0. The third kappa shape index (κ3) is 0.898. The number of rotatable bonds is 1. The number of allylic oxidation sites excluding steroid dienone is 3. The van der Waals surface area contributed by atoms with Crippen molar-refractivity contribution in [1.29, 1.82) is 0 Å². The first-order valence-electron chi connectivity index (χ1n) is 6.27. The Bertz CT molecular complexity index is 383. The molecule has 0 aromatic heterocycles. The van der Waals surface area contributed by atoms with Gasteiger partial charge in [0, 0.05) is 5.41 Å². The molecule has 2 saturated carbocycles. The van der Waals surface area contributed by atoms with Crippen LogP contribution in [-0.4, -0.2) is 0 Å². The molecule has 2 fully saturated rings. The summed E-state index contributed by atoms with van der Waals surface area (Å²) >= 11 is 0. The van der Waals surface area contributed by atoms with Crippen molar-refractivity contribution in [3.05, 3.63) is 23.3 Å². The molecule has 3 atom stereocenters. The number of fused-ring (bicyclic) bond motifs is 1. The lowest BCUT2D eigenvalue weighted by Gasteiger charge is -2.21. The van der Waals surface area contributed by atoms with Crippen molar-refractivity contribution >= 4 is 0 Å². The van der Waals surface area contributed by atoms with Crippen LogP contribution in [0.1, 0.15) is 47.0 Å². The van der Waals surface area contributed by atoms with E-state index in [2.05, 4.69) is 34.3 Å². The molecule has 0 aliphatic heterocycles. The molecular formula is C15H22. The maximum absolute atomic E-state index is 4.21. The van der Waals surface area contributed by atoms with Gasteiger partial charge in [0.25, 0.3) is 0 Å². The molecule has 0 bridgehead atoms. The molecule has 3 aliphatic carbocycles. The number of hydrogen-bond acceptors (Lipinski definition) is 0. The van der Waals surface area contributed by atoms with Gasteiger partial charge in [0.15, 0.2) is 0 Å². The van der Waals surface area contributed by atoms with E-state index in [9.17, 15) is 0 Å². The molecule has 0 saturated heterocycles. The van der Waals surface area contributed by atoms with Crippen LogP contribution in [-0.2, 0) is 0 Å². The molecule has 1 spiro atoms. The minimum absolute atomic E-state index is 0.589. The SMILES string of the molecule is C=C(C)C1=C(C)C[C@H]2[C@@H]3C(C)(C)CCC132. The lowest BCUT2D eigenvalue weighted by molar-refractivity contribution is 0.296. The van der Waals surface area contributed by atoms with Crippen LogP contribution in [0.15, 0.2) is 23.3 Å². The van der Waals surface area contributed by atoms with Gasteiger partial charge in [-0.25, -0.2) is 0 Å². The first-order chi connectivity index (χ1) is 6.91. The average Bonchev–Trinajstić information content (AvgIpc) is 2.47. The zero-order valence-electron chi connectivity index (χ0n) is 10.5. The molecule has 3 rings (SSSR count). The summed E-state index contributed by atoms with van der Waals surface area (Å²) in [6.45, 7) is 13.7. The summed E-state index contributed by atoms with van der Waals surface area (Å²) in [5.74, 6) is 1.95. The third-order valence-corrected chi connectivity index (χ3v) is 5.38. The van der Waals surface area contributed by atoms with Crippen molar-refractivity contribution < 1.29 is 0 Å². The minimum atomic E-state index is 0.589. The zero-order valence-corrected chi connectivity index (χ0v) is 10.5. The van der Waals surface area contributed by atoms with Crippen molar-refractivity contribution in [2.45, 2.75) is 47.0 Å². The lowest BCUT2D eigenvalue weighted by atomic mass is 9.83. The van der Waals surface area contributed by atoms with E-state index >= 15 is 0 Å². The Kier molecular flexibility index (Phi) is 1.56. The Hall–Kier alpha value is -0.520. The highest BCUT2D eigenvalue weighted by molar-refractivity contribution is 5.51. The molecule has 82 valence electrons. The molecule has 0 nitrogen and oxygen atoms in total. The van der Waals surface area contributed by atoms with Crippen LogP contribution in [0.5, 0.6) is 0 Å². The van der Waals surface area contributed by atoms with E-state index < -0.39 is 0 Å². The van der Waals surface area contributed by atoms with Crippen molar-refractivity contribution in [3.63, 3.8) is 0 Å². The van der Waals surface area contributed by atoms with E-state index in [1.165, 1.54) is 24.8 Å². The van der Waals surface area contributed by atoms with Gasteiger partial charge in [0.1, 0.15) is 0 Å². The summed E-state index contributed by atoms with van der Waals surface area (Å²) in [7, 11) is 0. The molecule has 1 unspecified atom stereocenters. The van der Waals surface area contributed by atoms with E-state index in [1.54, 1.807) is 11.1 Å². The van der Waals surface area contributed by atoms with Crippen LogP contribution >= 0.6 is 0 Å². The van der Waals surface area contributed by atoms with Gasteiger partial charge >= 0.3 is 0 Å². The highest BCUT2D eigenvalue weighted by Crippen LogP contribution is 2.82. The van der Waals surface area contributed by atoms with Gasteiger partial charge in [-0.3, -0.25) is 0 Å². The molecule has 0 amide bonds. The predicted molar refractivity (Wildman–Crippen MR) is 64.6 cm³/mol. The standard InChI is InChI=1S/C15H22/c1-9(2)12-10(3)8-11-13-14(4,5)6-7-15(11,12)13/h11,13H,1,6-8H2,2-5H3/t11-,13+,15?/m0/s1. The van der Waals surface area contributed by atoms with Crippen molar-refractivity contribution in [2.24, 2.45) is 22.7 Å². The smallest absolute Gasteiger partial charge is 0.00259 e. The van der Waals surface area contributed by atoms with E-state index in [-0.39, 0.29) is 0 Å². The molecule has 0 aromatic carbocycles. The Morgan fingerprint density at radius 2 is 2.00 bits per heavy atom. The second-order valence-corrected chi connectivity index (χ2v) is 6.75. The van der Waals surface area contributed by atoms with Crippen molar-refractivity contribution in [1.82, 2.24) is 0 Å². The summed E-state index contributed by atoms with van der Waals surface area (Å²) in [5, 5.41) is 0. The fourth-order valence-electron chi connectivity index (χ4n) is 5.14. The van der Waals surface area contributed by atoms with Gasteiger partial charge in [-0.2, -0.15) is 0 Å². The molecule has 3 aliphatic rings.